The van der Waals surface area contributed by atoms with Crippen molar-refractivity contribution >= 4 is 5.97 Å². The average Bonchev–Trinajstić information content (AvgIpc) is 3.21. The predicted octanol–water partition coefficient (Wildman–Crippen LogP) is 1.96. The minimum Gasteiger partial charge on any atom is -0.467 e. The zero-order valence-electron chi connectivity index (χ0n) is 18.2. The van der Waals surface area contributed by atoms with Gasteiger partial charge in [-0.15, -0.1) is 0 Å². The molecule has 2 aliphatic heterocycles. The molecule has 2 aliphatic rings. The monoisotopic (exact) mass is 443 g/mol. The number of carbonyl (C=O) groups excluding carboxylic acids is 1. The van der Waals surface area contributed by atoms with Crippen LogP contribution in [-0.2, 0) is 30.4 Å². The van der Waals surface area contributed by atoms with Crippen molar-refractivity contribution in [3.05, 3.63) is 71.8 Å². The number of carbonyl (C=O) groups is 1. The number of esters is 1. The van der Waals surface area contributed by atoms with Crippen molar-refractivity contribution in [3.63, 3.8) is 0 Å². The summed E-state index contributed by atoms with van der Waals surface area (Å²) in [6.45, 7) is 2.18. The SMILES string of the molecule is COC(=O)[C@@]1([C@H](O)c2ccccc2)C[C@@H]([C@@H]2O[C@H](C)OC[C@H]2O)N(Cc2ccccc2)O1. The third-order valence-electron chi connectivity index (χ3n) is 6.04. The smallest absolute Gasteiger partial charge is 0.343 e. The second kappa shape index (κ2) is 9.66. The van der Waals surface area contributed by atoms with Crippen LogP contribution in [0.15, 0.2) is 60.7 Å². The number of rotatable bonds is 6. The first-order valence-electron chi connectivity index (χ1n) is 10.7. The van der Waals surface area contributed by atoms with E-state index in [-0.39, 0.29) is 13.0 Å². The largest absolute Gasteiger partial charge is 0.467 e. The molecule has 2 heterocycles. The number of hydrogen-bond acceptors (Lipinski definition) is 8. The Balaban J connectivity index is 1.72. The molecule has 2 saturated heterocycles. The zero-order valence-corrected chi connectivity index (χ0v) is 18.2. The van der Waals surface area contributed by atoms with E-state index in [1.54, 1.807) is 36.3 Å². The van der Waals surface area contributed by atoms with E-state index in [4.69, 9.17) is 19.0 Å². The number of benzene rings is 2. The maximum atomic E-state index is 13.1. The normalized spacial score (nSPS) is 31.9. The lowest BCUT2D eigenvalue weighted by Gasteiger charge is -2.38. The molecule has 0 spiro atoms. The summed E-state index contributed by atoms with van der Waals surface area (Å²) in [7, 11) is 1.27. The fraction of sp³-hybridized carbons (Fsp3) is 0.458. The molecule has 6 atom stereocenters. The molecule has 0 unspecified atom stereocenters. The molecule has 2 aromatic rings. The Labute approximate surface area is 187 Å². The fourth-order valence-electron chi connectivity index (χ4n) is 4.42. The van der Waals surface area contributed by atoms with E-state index >= 15 is 0 Å². The Hall–Kier alpha value is -2.33. The van der Waals surface area contributed by atoms with E-state index in [1.807, 2.05) is 36.4 Å². The van der Waals surface area contributed by atoms with Crippen molar-refractivity contribution < 1.29 is 34.1 Å². The van der Waals surface area contributed by atoms with Crippen molar-refractivity contribution in [2.75, 3.05) is 13.7 Å². The van der Waals surface area contributed by atoms with Crippen LogP contribution >= 0.6 is 0 Å². The molecule has 0 saturated carbocycles. The molecular formula is C24H29NO7. The summed E-state index contributed by atoms with van der Waals surface area (Å²) >= 11 is 0. The van der Waals surface area contributed by atoms with Gasteiger partial charge in [-0.05, 0) is 18.1 Å². The number of methoxy groups -OCH3 is 1. The van der Waals surface area contributed by atoms with Crippen LogP contribution in [0.5, 0.6) is 0 Å². The van der Waals surface area contributed by atoms with Crippen LogP contribution in [0, 0.1) is 0 Å². The third-order valence-corrected chi connectivity index (χ3v) is 6.04. The number of hydrogen-bond donors (Lipinski definition) is 2. The van der Waals surface area contributed by atoms with Gasteiger partial charge in [-0.2, -0.15) is 5.06 Å². The molecule has 0 radical (unpaired) electrons. The van der Waals surface area contributed by atoms with Crippen LogP contribution in [0.3, 0.4) is 0 Å². The van der Waals surface area contributed by atoms with E-state index in [2.05, 4.69) is 0 Å². The summed E-state index contributed by atoms with van der Waals surface area (Å²) in [6.07, 6.45) is -3.34. The zero-order chi connectivity index (χ0) is 22.7. The number of nitrogens with zero attached hydrogens (tertiary/aromatic N) is 1. The molecule has 8 heteroatoms. The van der Waals surface area contributed by atoms with E-state index in [9.17, 15) is 15.0 Å². The molecule has 8 nitrogen and oxygen atoms in total. The molecular weight excluding hydrogens is 414 g/mol. The highest BCUT2D eigenvalue weighted by molar-refractivity contribution is 5.81. The van der Waals surface area contributed by atoms with Gasteiger partial charge in [-0.3, -0.25) is 4.84 Å². The quantitative estimate of drug-likeness (QED) is 0.654. The Morgan fingerprint density at radius 3 is 2.50 bits per heavy atom. The van der Waals surface area contributed by atoms with Crippen LogP contribution in [0.2, 0.25) is 0 Å². The van der Waals surface area contributed by atoms with Crippen LogP contribution in [-0.4, -0.2) is 65.1 Å². The molecule has 0 aliphatic carbocycles. The lowest BCUT2D eigenvalue weighted by atomic mass is 9.84. The first-order valence-corrected chi connectivity index (χ1v) is 10.7. The molecule has 2 fully saturated rings. The van der Waals surface area contributed by atoms with Gasteiger partial charge in [-0.25, -0.2) is 4.79 Å². The van der Waals surface area contributed by atoms with Crippen molar-refractivity contribution in [1.29, 1.82) is 0 Å². The Morgan fingerprint density at radius 1 is 1.19 bits per heavy atom. The standard InChI is InChI=1S/C24H29NO7/c1-16-30-15-20(26)21(31-16)19-13-24(23(28)29-2,22(27)18-11-7-4-8-12-18)32-25(19)14-17-9-5-3-6-10-17/h3-12,16,19-22,26-27H,13-15H2,1-2H3/t16-,19+,20-,21+,22-,24+/m1/s1. The average molecular weight is 443 g/mol. The summed E-state index contributed by atoms with van der Waals surface area (Å²) in [5, 5.41) is 23.6. The molecule has 172 valence electrons. The minimum atomic E-state index is -1.69. The maximum Gasteiger partial charge on any atom is 0.343 e. The van der Waals surface area contributed by atoms with Crippen molar-refractivity contribution in [2.45, 2.75) is 56.1 Å². The van der Waals surface area contributed by atoms with Gasteiger partial charge in [0.25, 0.3) is 0 Å². The molecule has 0 aromatic heterocycles. The van der Waals surface area contributed by atoms with Crippen molar-refractivity contribution in [2.24, 2.45) is 0 Å². The molecule has 32 heavy (non-hydrogen) atoms. The third kappa shape index (κ3) is 4.43. The van der Waals surface area contributed by atoms with Gasteiger partial charge in [0.1, 0.15) is 18.3 Å². The van der Waals surface area contributed by atoms with E-state index in [0.717, 1.165) is 5.56 Å². The molecule has 2 N–H and O–H groups in total. The van der Waals surface area contributed by atoms with Crippen molar-refractivity contribution in [3.8, 4) is 0 Å². The Bertz CT molecular complexity index is 896. The van der Waals surface area contributed by atoms with Crippen LogP contribution < -0.4 is 0 Å². The minimum absolute atomic E-state index is 0.0665. The van der Waals surface area contributed by atoms with E-state index in [1.165, 1.54) is 7.11 Å². The van der Waals surface area contributed by atoms with Gasteiger partial charge in [-0.1, -0.05) is 60.7 Å². The lowest BCUT2D eigenvalue weighted by molar-refractivity contribution is -0.285. The van der Waals surface area contributed by atoms with Gasteiger partial charge in [0.15, 0.2) is 6.29 Å². The molecule has 4 rings (SSSR count). The second-order valence-corrected chi connectivity index (χ2v) is 8.19. The molecule has 2 aromatic carbocycles. The highest BCUT2D eigenvalue weighted by atomic mass is 16.7. The highest BCUT2D eigenvalue weighted by Crippen LogP contribution is 2.44. The summed E-state index contributed by atoms with van der Waals surface area (Å²) in [6, 6.07) is 17.9. The number of ether oxygens (including phenoxy) is 3. The number of aliphatic hydroxyl groups excluding tert-OH is 2. The Kier molecular flexibility index (Phi) is 6.90. The number of aliphatic hydroxyl groups is 2. The second-order valence-electron chi connectivity index (χ2n) is 8.19. The van der Waals surface area contributed by atoms with Crippen molar-refractivity contribution in [1.82, 2.24) is 5.06 Å². The number of hydroxylamine groups is 2. The lowest BCUT2D eigenvalue weighted by Crippen LogP contribution is -2.53. The van der Waals surface area contributed by atoms with Gasteiger partial charge in [0.05, 0.1) is 19.8 Å². The van der Waals surface area contributed by atoms with Gasteiger partial charge in [0.2, 0.25) is 5.60 Å². The molecule has 0 amide bonds. The summed E-state index contributed by atoms with van der Waals surface area (Å²) in [5.41, 5.74) is -0.220. The topological polar surface area (TPSA) is 97.7 Å². The highest BCUT2D eigenvalue weighted by Gasteiger charge is 2.60. The first kappa shape index (κ1) is 22.8. The van der Waals surface area contributed by atoms with Crippen LogP contribution in [0.1, 0.15) is 30.6 Å². The molecule has 0 bridgehead atoms. The summed E-state index contributed by atoms with van der Waals surface area (Å²) in [5.74, 6) is -0.691. The first-order chi connectivity index (χ1) is 15.4. The summed E-state index contributed by atoms with van der Waals surface area (Å²) in [4.78, 5) is 19.3. The van der Waals surface area contributed by atoms with Crippen LogP contribution in [0.4, 0.5) is 0 Å². The van der Waals surface area contributed by atoms with Gasteiger partial charge < -0.3 is 24.4 Å². The predicted molar refractivity (Wildman–Crippen MR) is 114 cm³/mol. The van der Waals surface area contributed by atoms with Gasteiger partial charge in [0, 0.05) is 13.0 Å². The maximum absolute atomic E-state index is 13.1. The van der Waals surface area contributed by atoms with E-state index < -0.39 is 42.2 Å². The van der Waals surface area contributed by atoms with E-state index in [0.29, 0.717) is 12.1 Å². The van der Waals surface area contributed by atoms with Crippen LogP contribution in [0.25, 0.3) is 0 Å². The summed E-state index contributed by atoms with van der Waals surface area (Å²) < 4.78 is 16.4. The Morgan fingerprint density at radius 2 is 1.84 bits per heavy atom. The fourth-order valence-corrected chi connectivity index (χ4v) is 4.42. The van der Waals surface area contributed by atoms with Gasteiger partial charge >= 0.3 is 5.97 Å².